The van der Waals surface area contributed by atoms with Crippen molar-refractivity contribution in [2.45, 2.75) is 6.92 Å². The summed E-state index contributed by atoms with van der Waals surface area (Å²) in [5, 5.41) is 12.5. The molecular weight excluding hydrogens is 331 g/mol. The lowest BCUT2D eigenvalue weighted by molar-refractivity contribution is 0.564. The lowest BCUT2D eigenvalue weighted by atomic mass is 10.1. The number of rotatable bonds is 3. The maximum Gasteiger partial charge on any atom is 0.242 e. The minimum atomic E-state index is -0.580. The fourth-order valence-corrected chi connectivity index (χ4v) is 2.81. The van der Waals surface area contributed by atoms with Gasteiger partial charge in [0.15, 0.2) is 5.65 Å². The molecule has 1 aromatic carbocycles. The van der Waals surface area contributed by atoms with Gasteiger partial charge in [0.1, 0.15) is 5.69 Å². The smallest absolute Gasteiger partial charge is 0.242 e. The summed E-state index contributed by atoms with van der Waals surface area (Å²) in [6.07, 6.45) is 3.40. The molecule has 0 spiro atoms. The molecule has 0 unspecified atom stereocenters. The molecule has 0 aliphatic heterocycles. The molecule has 0 saturated heterocycles. The van der Waals surface area contributed by atoms with Crippen molar-refractivity contribution in [2.24, 2.45) is 0 Å². The summed E-state index contributed by atoms with van der Waals surface area (Å²) in [6.45, 7) is 1.99. The summed E-state index contributed by atoms with van der Waals surface area (Å²) >= 11 is 0. The lowest BCUT2D eigenvalue weighted by Crippen LogP contribution is -2.09. The van der Waals surface area contributed by atoms with Gasteiger partial charge in [-0.2, -0.15) is 8.91 Å². The van der Waals surface area contributed by atoms with Crippen molar-refractivity contribution in [2.75, 3.05) is 19.0 Å². The van der Waals surface area contributed by atoms with Crippen LogP contribution in [0.2, 0.25) is 0 Å². The molecule has 6 nitrogen and oxygen atoms in total. The molecule has 7 heteroatoms. The van der Waals surface area contributed by atoms with Gasteiger partial charge in [0.25, 0.3) is 0 Å². The first-order chi connectivity index (χ1) is 12.5. The van der Waals surface area contributed by atoms with E-state index in [1.54, 1.807) is 24.4 Å². The molecule has 0 amide bonds. The Morgan fingerprint density at radius 2 is 1.96 bits per heavy atom. The Bertz CT molecular complexity index is 1130. The van der Waals surface area contributed by atoms with Gasteiger partial charge in [0.2, 0.25) is 11.8 Å². The van der Waals surface area contributed by atoms with E-state index < -0.39 is 5.95 Å². The number of nitrogens with zero attached hydrogens (tertiary/aromatic N) is 6. The highest BCUT2D eigenvalue weighted by atomic mass is 19.1. The predicted octanol–water partition coefficient (Wildman–Crippen LogP) is 2.25. The normalized spacial score (nSPS) is 12.1. The average Bonchev–Trinajstić information content (AvgIpc) is 3.16. The number of hydrogen-bond donors (Lipinski definition) is 0. The van der Waals surface area contributed by atoms with Gasteiger partial charge in [-0.25, -0.2) is 0 Å². The largest absolute Gasteiger partial charge is 0.378 e. The highest BCUT2D eigenvalue weighted by molar-refractivity contribution is 5.64. The van der Waals surface area contributed by atoms with E-state index in [1.807, 2.05) is 44.1 Å². The van der Waals surface area contributed by atoms with E-state index in [4.69, 9.17) is 0 Å². The minimum absolute atomic E-state index is 0.320. The molecule has 3 heterocycles. The van der Waals surface area contributed by atoms with Crippen LogP contribution in [-0.2, 0) is 0 Å². The second-order valence-corrected chi connectivity index (χ2v) is 6.26. The van der Waals surface area contributed by atoms with Crippen LogP contribution in [0.5, 0.6) is 0 Å². The third-order valence-electron chi connectivity index (χ3n) is 4.26. The Kier molecular flexibility index (Phi) is 3.84. The van der Waals surface area contributed by atoms with Crippen LogP contribution in [0.25, 0.3) is 23.2 Å². The molecule has 0 N–H and O–H groups in total. The van der Waals surface area contributed by atoms with E-state index in [2.05, 4.69) is 26.3 Å². The van der Waals surface area contributed by atoms with Gasteiger partial charge in [0.05, 0.1) is 5.22 Å². The zero-order chi connectivity index (χ0) is 18.3. The van der Waals surface area contributed by atoms with Crippen molar-refractivity contribution in [3.63, 3.8) is 0 Å². The van der Waals surface area contributed by atoms with Crippen LogP contribution >= 0.6 is 0 Å². The van der Waals surface area contributed by atoms with Gasteiger partial charge >= 0.3 is 0 Å². The van der Waals surface area contributed by atoms with Crippen LogP contribution in [-0.4, -0.2) is 38.9 Å². The van der Waals surface area contributed by atoms with Crippen molar-refractivity contribution in [3.8, 4) is 11.5 Å². The number of benzene rings is 1. The number of fused-ring (bicyclic) bond motifs is 1. The average molecular weight is 348 g/mol. The van der Waals surface area contributed by atoms with Gasteiger partial charge in [0, 0.05) is 26.0 Å². The van der Waals surface area contributed by atoms with Crippen LogP contribution in [0.1, 0.15) is 11.1 Å². The molecule has 4 rings (SSSR count). The fraction of sp³-hybridized carbons (Fsp3) is 0.158. The fourth-order valence-electron chi connectivity index (χ4n) is 2.81. The number of halogens is 1. The zero-order valence-electron chi connectivity index (χ0n) is 14.7. The SMILES string of the molecule is Cc1cc(N(C)C)ccc1C=c1c(F)nn2c(-c3ccccn3)nnc12. The van der Waals surface area contributed by atoms with Gasteiger partial charge in [-0.05, 0) is 48.4 Å². The standard InChI is InChI=1S/C19H17FN6/c1-12-10-14(25(2)3)8-7-13(12)11-15-17(20)24-26-18(15)22-23-19(26)16-6-4-5-9-21-16/h4-11H,1-3H3. The van der Waals surface area contributed by atoms with Crippen molar-refractivity contribution in [1.82, 2.24) is 24.8 Å². The molecule has 0 bridgehead atoms. The molecule has 0 atom stereocenters. The monoisotopic (exact) mass is 348 g/mol. The summed E-state index contributed by atoms with van der Waals surface area (Å²) in [5.41, 5.74) is 4.01. The zero-order valence-corrected chi connectivity index (χ0v) is 14.7. The first-order valence-electron chi connectivity index (χ1n) is 8.16. The quantitative estimate of drug-likeness (QED) is 0.568. The number of hydrogen-bond acceptors (Lipinski definition) is 5. The van der Waals surface area contributed by atoms with Crippen molar-refractivity contribution < 1.29 is 4.39 Å². The molecule has 0 fully saturated rings. The van der Waals surface area contributed by atoms with Gasteiger partial charge in [-0.3, -0.25) is 4.98 Å². The van der Waals surface area contributed by atoms with Crippen LogP contribution < -0.4 is 10.1 Å². The van der Waals surface area contributed by atoms with Gasteiger partial charge in [-0.15, -0.1) is 15.3 Å². The lowest BCUT2D eigenvalue weighted by Gasteiger charge is -2.13. The highest BCUT2D eigenvalue weighted by Crippen LogP contribution is 2.18. The summed E-state index contributed by atoms with van der Waals surface area (Å²) in [5.74, 6) is -0.165. The Hall–Kier alpha value is -3.35. The molecule has 0 aliphatic rings. The number of aryl methyl sites for hydroxylation is 1. The maximum absolute atomic E-state index is 14.5. The summed E-state index contributed by atoms with van der Waals surface area (Å²) in [7, 11) is 3.97. The van der Waals surface area contributed by atoms with Gasteiger partial charge in [-0.1, -0.05) is 12.1 Å². The number of anilines is 1. The first-order valence-corrected chi connectivity index (χ1v) is 8.16. The van der Waals surface area contributed by atoms with E-state index in [9.17, 15) is 4.39 Å². The molecule has 26 heavy (non-hydrogen) atoms. The van der Waals surface area contributed by atoms with E-state index in [0.29, 0.717) is 22.4 Å². The van der Waals surface area contributed by atoms with E-state index >= 15 is 0 Å². The number of aromatic nitrogens is 5. The molecule has 0 radical (unpaired) electrons. The predicted molar refractivity (Wildman–Crippen MR) is 98.3 cm³/mol. The summed E-state index contributed by atoms with van der Waals surface area (Å²) in [6, 6.07) is 11.4. The maximum atomic E-state index is 14.5. The molecule has 0 aliphatic carbocycles. The molecule has 4 aromatic rings. The van der Waals surface area contributed by atoms with Gasteiger partial charge < -0.3 is 4.90 Å². The van der Waals surface area contributed by atoms with Crippen LogP contribution in [0.15, 0.2) is 42.6 Å². The molecule has 0 saturated carbocycles. The highest BCUT2D eigenvalue weighted by Gasteiger charge is 2.16. The van der Waals surface area contributed by atoms with Crippen molar-refractivity contribution >= 4 is 17.4 Å². The van der Waals surface area contributed by atoms with Crippen LogP contribution in [0.3, 0.4) is 0 Å². The minimum Gasteiger partial charge on any atom is -0.378 e. The Labute approximate surface area is 149 Å². The second-order valence-electron chi connectivity index (χ2n) is 6.26. The molecule has 130 valence electrons. The van der Waals surface area contributed by atoms with Crippen LogP contribution in [0, 0.1) is 12.9 Å². The third kappa shape index (κ3) is 2.67. The van der Waals surface area contributed by atoms with Crippen LogP contribution in [0.4, 0.5) is 10.1 Å². The Morgan fingerprint density at radius 3 is 2.65 bits per heavy atom. The van der Waals surface area contributed by atoms with E-state index in [-0.39, 0.29) is 0 Å². The topological polar surface area (TPSA) is 59.2 Å². The third-order valence-corrected chi connectivity index (χ3v) is 4.26. The Morgan fingerprint density at radius 1 is 1.12 bits per heavy atom. The van der Waals surface area contributed by atoms with Crippen molar-refractivity contribution in [3.05, 3.63) is 64.9 Å². The van der Waals surface area contributed by atoms with E-state index in [0.717, 1.165) is 16.8 Å². The summed E-state index contributed by atoms with van der Waals surface area (Å²) in [4.78, 5) is 6.26. The summed E-state index contributed by atoms with van der Waals surface area (Å²) < 4.78 is 15.9. The van der Waals surface area contributed by atoms with Crippen molar-refractivity contribution in [1.29, 1.82) is 0 Å². The molecular formula is C19H17FN6. The Balaban J connectivity index is 1.87. The second kappa shape index (κ2) is 6.18. The number of pyridine rings is 1. The first kappa shape index (κ1) is 16.1. The molecule has 3 aromatic heterocycles. The van der Waals surface area contributed by atoms with E-state index in [1.165, 1.54) is 4.52 Å².